The Labute approximate surface area is 108 Å². The fourth-order valence-electron chi connectivity index (χ4n) is 1.51. The highest BCUT2D eigenvalue weighted by atomic mass is 19.1. The van der Waals surface area contributed by atoms with E-state index in [1.54, 1.807) is 13.0 Å². The van der Waals surface area contributed by atoms with Crippen LogP contribution in [-0.4, -0.2) is 22.4 Å². The number of carbonyl (C=O) groups is 1. The Hall–Kier alpha value is -2.50. The Kier molecular flexibility index (Phi) is 3.70. The van der Waals surface area contributed by atoms with Crippen LogP contribution in [0.2, 0.25) is 0 Å². The number of hydrogen-bond donors (Lipinski definition) is 0. The Morgan fingerprint density at radius 1 is 1.42 bits per heavy atom. The number of nitrogens with zero attached hydrogens (tertiary/aromatic N) is 2. The van der Waals surface area contributed by atoms with Gasteiger partial charge in [0.25, 0.3) is 0 Å². The van der Waals surface area contributed by atoms with Gasteiger partial charge in [0.1, 0.15) is 5.82 Å². The van der Waals surface area contributed by atoms with Crippen LogP contribution < -0.4 is 5.43 Å². The fraction of sp³-hybridized carbons (Fsp3) is 0.154. The molecule has 0 aliphatic heterocycles. The molecule has 2 aromatic rings. The predicted molar refractivity (Wildman–Crippen MR) is 65.7 cm³/mol. The summed E-state index contributed by atoms with van der Waals surface area (Å²) in [5.41, 5.74) is -0.453. The quantitative estimate of drug-likeness (QED) is 0.787. The Morgan fingerprint density at radius 3 is 2.89 bits per heavy atom. The van der Waals surface area contributed by atoms with Crippen LogP contribution in [0.1, 0.15) is 17.4 Å². The topological polar surface area (TPSA) is 61.2 Å². The molecular formula is C13H11FN2O3. The standard InChI is InChI=1S/C13H11FN2O3/c1-2-19-13(18)12-11(17)6-7-16(15-12)10-5-3-4-9(14)8-10/h3-8H,2H2,1H3. The lowest BCUT2D eigenvalue weighted by Gasteiger charge is -2.06. The molecule has 0 saturated carbocycles. The monoisotopic (exact) mass is 262 g/mol. The van der Waals surface area contributed by atoms with Gasteiger partial charge >= 0.3 is 5.97 Å². The van der Waals surface area contributed by atoms with E-state index in [1.807, 2.05) is 0 Å². The number of aromatic nitrogens is 2. The van der Waals surface area contributed by atoms with Crippen LogP contribution in [-0.2, 0) is 4.74 Å². The maximum absolute atomic E-state index is 13.1. The normalized spacial score (nSPS) is 10.2. The van der Waals surface area contributed by atoms with Gasteiger partial charge in [0, 0.05) is 12.3 Å². The van der Waals surface area contributed by atoms with Crippen LogP contribution in [0, 0.1) is 5.82 Å². The summed E-state index contributed by atoms with van der Waals surface area (Å²) < 4.78 is 19.1. The first kappa shape index (κ1) is 12.9. The Balaban J connectivity index is 2.47. The number of halogens is 1. The van der Waals surface area contributed by atoms with E-state index in [0.29, 0.717) is 5.69 Å². The van der Waals surface area contributed by atoms with E-state index in [9.17, 15) is 14.0 Å². The van der Waals surface area contributed by atoms with Crippen molar-refractivity contribution in [3.8, 4) is 5.69 Å². The van der Waals surface area contributed by atoms with Crippen molar-refractivity contribution in [3.05, 3.63) is 58.3 Å². The maximum atomic E-state index is 13.1. The highest BCUT2D eigenvalue weighted by Gasteiger charge is 2.14. The molecule has 0 atom stereocenters. The van der Waals surface area contributed by atoms with Gasteiger partial charge < -0.3 is 4.74 Å². The zero-order chi connectivity index (χ0) is 13.8. The molecule has 1 aromatic heterocycles. The van der Waals surface area contributed by atoms with Crippen LogP contribution in [0.15, 0.2) is 41.3 Å². The molecule has 0 unspecified atom stereocenters. The Morgan fingerprint density at radius 2 is 2.21 bits per heavy atom. The van der Waals surface area contributed by atoms with Gasteiger partial charge in [0.05, 0.1) is 12.3 Å². The second-order valence-electron chi connectivity index (χ2n) is 3.67. The molecule has 0 fully saturated rings. The van der Waals surface area contributed by atoms with Crippen molar-refractivity contribution >= 4 is 5.97 Å². The zero-order valence-corrected chi connectivity index (χ0v) is 10.2. The average molecular weight is 262 g/mol. The molecule has 2 rings (SSSR count). The number of benzene rings is 1. The van der Waals surface area contributed by atoms with E-state index in [1.165, 1.54) is 35.1 Å². The fourth-order valence-corrected chi connectivity index (χ4v) is 1.51. The molecule has 1 aromatic carbocycles. The highest BCUT2D eigenvalue weighted by molar-refractivity contribution is 5.86. The van der Waals surface area contributed by atoms with Crippen molar-refractivity contribution in [2.75, 3.05) is 6.61 Å². The highest BCUT2D eigenvalue weighted by Crippen LogP contribution is 2.07. The summed E-state index contributed by atoms with van der Waals surface area (Å²) in [5.74, 6) is -1.23. The zero-order valence-electron chi connectivity index (χ0n) is 10.2. The van der Waals surface area contributed by atoms with Crippen molar-refractivity contribution < 1.29 is 13.9 Å². The summed E-state index contributed by atoms with van der Waals surface area (Å²) in [6.45, 7) is 1.78. The summed E-state index contributed by atoms with van der Waals surface area (Å²) in [4.78, 5) is 23.1. The minimum Gasteiger partial charge on any atom is -0.461 e. The summed E-state index contributed by atoms with van der Waals surface area (Å²) in [6.07, 6.45) is 1.36. The maximum Gasteiger partial charge on any atom is 0.362 e. The first-order valence-electron chi connectivity index (χ1n) is 5.65. The van der Waals surface area contributed by atoms with Crippen LogP contribution in [0.25, 0.3) is 5.69 Å². The van der Waals surface area contributed by atoms with Crippen molar-refractivity contribution in [3.63, 3.8) is 0 Å². The molecule has 6 heteroatoms. The molecule has 0 aliphatic rings. The van der Waals surface area contributed by atoms with Gasteiger partial charge in [-0.3, -0.25) is 4.79 Å². The first-order valence-corrected chi connectivity index (χ1v) is 5.65. The number of carbonyl (C=O) groups excluding carboxylic acids is 1. The Bertz CT molecular complexity index is 667. The van der Waals surface area contributed by atoms with Crippen molar-refractivity contribution in [1.82, 2.24) is 9.78 Å². The molecule has 0 bridgehead atoms. The third-order valence-corrected chi connectivity index (χ3v) is 2.35. The lowest BCUT2D eigenvalue weighted by molar-refractivity contribution is 0.0515. The smallest absolute Gasteiger partial charge is 0.362 e. The van der Waals surface area contributed by atoms with E-state index in [-0.39, 0.29) is 12.3 Å². The number of esters is 1. The van der Waals surface area contributed by atoms with Crippen LogP contribution in [0.5, 0.6) is 0 Å². The van der Waals surface area contributed by atoms with E-state index >= 15 is 0 Å². The lowest BCUT2D eigenvalue weighted by Crippen LogP contribution is -2.22. The molecule has 5 nitrogen and oxygen atoms in total. The lowest BCUT2D eigenvalue weighted by atomic mass is 10.3. The SMILES string of the molecule is CCOC(=O)c1nn(-c2cccc(F)c2)ccc1=O. The molecule has 0 spiro atoms. The van der Waals surface area contributed by atoms with Gasteiger partial charge in [0.15, 0.2) is 0 Å². The van der Waals surface area contributed by atoms with E-state index in [2.05, 4.69) is 5.10 Å². The summed E-state index contributed by atoms with van der Waals surface area (Å²) in [5, 5.41) is 3.87. The second-order valence-corrected chi connectivity index (χ2v) is 3.67. The molecule has 0 saturated heterocycles. The number of hydrogen-bond acceptors (Lipinski definition) is 4. The molecule has 98 valence electrons. The second kappa shape index (κ2) is 5.43. The van der Waals surface area contributed by atoms with Gasteiger partial charge in [-0.2, -0.15) is 5.10 Å². The van der Waals surface area contributed by atoms with E-state index in [0.717, 1.165) is 0 Å². The van der Waals surface area contributed by atoms with Gasteiger partial charge in [-0.1, -0.05) is 6.07 Å². The summed E-state index contributed by atoms with van der Waals surface area (Å²) in [6, 6.07) is 6.83. The third-order valence-electron chi connectivity index (χ3n) is 2.35. The van der Waals surface area contributed by atoms with Gasteiger partial charge in [-0.25, -0.2) is 13.9 Å². The largest absolute Gasteiger partial charge is 0.461 e. The summed E-state index contributed by atoms with van der Waals surface area (Å²) in [7, 11) is 0. The van der Waals surface area contributed by atoms with Crippen LogP contribution in [0.3, 0.4) is 0 Å². The minimum absolute atomic E-state index is 0.148. The van der Waals surface area contributed by atoms with Gasteiger partial charge in [0.2, 0.25) is 11.1 Å². The van der Waals surface area contributed by atoms with Gasteiger partial charge in [-0.15, -0.1) is 0 Å². The molecule has 0 N–H and O–H groups in total. The molecule has 19 heavy (non-hydrogen) atoms. The minimum atomic E-state index is -0.793. The van der Waals surface area contributed by atoms with E-state index < -0.39 is 17.2 Å². The molecule has 0 aliphatic carbocycles. The van der Waals surface area contributed by atoms with E-state index in [4.69, 9.17) is 4.74 Å². The van der Waals surface area contributed by atoms with Crippen LogP contribution >= 0.6 is 0 Å². The first-order chi connectivity index (χ1) is 9.11. The molecular weight excluding hydrogens is 251 g/mol. The molecule has 0 radical (unpaired) electrons. The molecule has 0 amide bonds. The number of ether oxygens (including phenoxy) is 1. The average Bonchev–Trinajstić information content (AvgIpc) is 2.39. The van der Waals surface area contributed by atoms with Crippen LogP contribution in [0.4, 0.5) is 4.39 Å². The third kappa shape index (κ3) is 2.85. The van der Waals surface area contributed by atoms with Gasteiger partial charge in [-0.05, 0) is 25.1 Å². The van der Waals surface area contributed by atoms with Crippen molar-refractivity contribution in [2.45, 2.75) is 6.92 Å². The molecule has 1 heterocycles. The predicted octanol–water partition coefficient (Wildman–Crippen LogP) is 1.55. The summed E-state index contributed by atoms with van der Waals surface area (Å²) >= 11 is 0. The number of rotatable bonds is 3. The van der Waals surface area contributed by atoms with Crippen molar-refractivity contribution in [1.29, 1.82) is 0 Å². The van der Waals surface area contributed by atoms with Crippen molar-refractivity contribution in [2.24, 2.45) is 0 Å².